The van der Waals surface area contributed by atoms with Gasteiger partial charge in [-0.3, -0.25) is 4.98 Å². The quantitative estimate of drug-likeness (QED) is 0.573. The van der Waals surface area contributed by atoms with Crippen LogP contribution < -0.4 is 0 Å². The number of rotatable bonds is 3. The molecule has 0 bridgehead atoms. The minimum absolute atomic E-state index is 0.428. The van der Waals surface area contributed by atoms with Gasteiger partial charge in [0.1, 0.15) is 0 Å². The van der Waals surface area contributed by atoms with Gasteiger partial charge in [-0.25, -0.2) is 5.10 Å². The second-order valence-electron chi connectivity index (χ2n) is 4.17. The van der Waals surface area contributed by atoms with Gasteiger partial charge < -0.3 is 0 Å². The van der Waals surface area contributed by atoms with Crippen LogP contribution in [0.1, 0.15) is 5.69 Å². The van der Waals surface area contributed by atoms with Gasteiger partial charge in [0.2, 0.25) is 4.77 Å². The molecule has 2 heterocycles. The number of aromatic amines is 1. The van der Waals surface area contributed by atoms with Crippen LogP contribution in [0.4, 0.5) is 0 Å². The van der Waals surface area contributed by atoms with Gasteiger partial charge in [-0.05, 0) is 36.5 Å². The highest BCUT2D eigenvalue weighted by atomic mass is 79.9. The monoisotopic (exact) mass is 359 g/mol. The van der Waals surface area contributed by atoms with Crippen molar-refractivity contribution in [3.05, 3.63) is 63.6 Å². The number of benzene rings is 1. The first-order valence-electron chi connectivity index (χ1n) is 6.13. The Bertz CT molecular complexity index is 838. The molecule has 1 N–H and O–H groups in total. The third kappa shape index (κ3) is 3.14. The summed E-state index contributed by atoms with van der Waals surface area (Å²) in [5.41, 5.74) is 1.66. The Hall–Kier alpha value is -2.12. The second kappa shape index (κ2) is 6.11. The molecule has 0 aliphatic heterocycles. The van der Waals surface area contributed by atoms with Crippen molar-refractivity contribution in [1.29, 1.82) is 0 Å². The van der Waals surface area contributed by atoms with E-state index < -0.39 is 0 Å². The molecule has 0 unspecified atom stereocenters. The van der Waals surface area contributed by atoms with Crippen LogP contribution in [0.25, 0.3) is 11.4 Å². The number of pyridine rings is 1. The number of halogens is 1. The van der Waals surface area contributed by atoms with Crippen molar-refractivity contribution in [2.75, 3.05) is 0 Å². The topological polar surface area (TPSA) is 58.9 Å². The molecule has 0 saturated carbocycles. The molecule has 3 rings (SSSR count). The molecular weight excluding hydrogens is 350 g/mol. The van der Waals surface area contributed by atoms with Crippen LogP contribution in [0.5, 0.6) is 0 Å². The van der Waals surface area contributed by atoms with E-state index in [0.29, 0.717) is 10.6 Å². The summed E-state index contributed by atoms with van der Waals surface area (Å²) in [6, 6.07) is 13.4. The summed E-state index contributed by atoms with van der Waals surface area (Å²) in [4.78, 5) is 4.19. The average Bonchev–Trinajstić information content (AvgIpc) is 2.87. The van der Waals surface area contributed by atoms with E-state index in [4.69, 9.17) is 12.2 Å². The maximum atomic E-state index is 5.22. The second-order valence-corrected chi connectivity index (χ2v) is 5.48. The van der Waals surface area contributed by atoms with Gasteiger partial charge in [-0.2, -0.15) is 14.9 Å². The molecule has 0 aliphatic rings. The molecule has 0 atom stereocenters. The fourth-order valence-corrected chi connectivity index (χ4v) is 2.36. The molecule has 2 aromatic heterocycles. The van der Waals surface area contributed by atoms with Gasteiger partial charge >= 0.3 is 0 Å². The van der Waals surface area contributed by atoms with E-state index in [1.165, 1.54) is 0 Å². The third-order valence-electron chi connectivity index (χ3n) is 2.73. The molecule has 1 aromatic carbocycles. The lowest BCUT2D eigenvalue weighted by atomic mass is 10.2. The highest BCUT2D eigenvalue weighted by Crippen LogP contribution is 2.21. The minimum Gasteiger partial charge on any atom is -0.255 e. The van der Waals surface area contributed by atoms with Crippen molar-refractivity contribution in [2.24, 2.45) is 5.10 Å². The van der Waals surface area contributed by atoms with Gasteiger partial charge in [0.15, 0.2) is 5.82 Å². The fourth-order valence-electron chi connectivity index (χ4n) is 1.78. The van der Waals surface area contributed by atoms with Gasteiger partial charge in [0, 0.05) is 16.2 Å². The van der Waals surface area contributed by atoms with Gasteiger partial charge in [-0.1, -0.05) is 34.1 Å². The lowest BCUT2D eigenvalue weighted by Crippen LogP contribution is -1.96. The summed E-state index contributed by atoms with van der Waals surface area (Å²) in [7, 11) is 0. The van der Waals surface area contributed by atoms with Crippen molar-refractivity contribution in [3.8, 4) is 11.4 Å². The Morgan fingerprint density at radius 1 is 1.24 bits per heavy atom. The van der Waals surface area contributed by atoms with E-state index in [0.717, 1.165) is 15.7 Å². The van der Waals surface area contributed by atoms with E-state index in [1.807, 2.05) is 42.5 Å². The number of hydrogen-bond donors (Lipinski definition) is 1. The number of hydrogen-bond acceptors (Lipinski definition) is 4. The summed E-state index contributed by atoms with van der Waals surface area (Å²) < 4.78 is 2.97. The predicted molar refractivity (Wildman–Crippen MR) is 87.8 cm³/mol. The zero-order valence-electron chi connectivity index (χ0n) is 10.8. The first kappa shape index (κ1) is 13.8. The Kier molecular flexibility index (Phi) is 4.03. The summed E-state index contributed by atoms with van der Waals surface area (Å²) in [6.07, 6.45) is 3.36. The Morgan fingerprint density at radius 2 is 2.14 bits per heavy atom. The molecule has 0 aliphatic carbocycles. The van der Waals surface area contributed by atoms with Gasteiger partial charge in [-0.15, -0.1) is 0 Å². The molecule has 0 saturated heterocycles. The summed E-state index contributed by atoms with van der Waals surface area (Å²) >= 11 is 8.66. The van der Waals surface area contributed by atoms with Crippen molar-refractivity contribution in [3.63, 3.8) is 0 Å². The fraction of sp³-hybridized carbons (Fsp3) is 0. The normalized spacial score (nSPS) is 11.1. The molecular formula is C14H10BrN5S. The summed E-state index contributed by atoms with van der Waals surface area (Å²) in [5, 5.41) is 11.3. The zero-order valence-corrected chi connectivity index (χ0v) is 13.2. The maximum Gasteiger partial charge on any atom is 0.216 e. The van der Waals surface area contributed by atoms with Crippen LogP contribution in [0.15, 0.2) is 58.2 Å². The predicted octanol–water partition coefficient (Wildman–Crippen LogP) is 3.65. The summed E-state index contributed by atoms with van der Waals surface area (Å²) in [5.74, 6) is 0.647. The SMILES string of the molecule is S=c1[nH]nc(-c2cccc(Br)c2)n1/N=C\c1ccccn1. The Labute approximate surface area is 134 Å². The molecule has 3 aromatic rings. The molecule has 21 heavy (non-hydrogen) atoms. The van der Waals surface area contributed by atoms with Crippen LogP contribution in [-0.4, -0.2) is 26.1 Å². The lowest BCUT2D eigenvalue weighted by molar-refractivity contribution is 0.870. The summed E-state index contributed by atoms with van der Waals surface area (Å²) in [6.45, 7) is 0. The Balaban J connectivity index is 2.02. The minimum atomic E-state index is 0.428. The van der Waals surface area contributed by atoms with Crippen molar-refractivity contribution in [1.82, 2.24) is 19.9 Å². The number of H-pyrrole nitrogens is 1. The highest BCUT2D eigenvalue weighted by molar-refractivity contribution is 9.10. The van der Waals surface area contributed by atoms with Crippen molar-refractivity contribution >= 4 is 34.4 Å². The molecule has 0 amide bonds. The van der Waals surface area contributed by atoms with E-state index in [1.54, 1.807) is 17.1 Å². The van der Waals surface area contributed by atoms with Gasteiger partial charge in [0.25, 0.3) is 0 Å². The first-order valence-corrected chi connectivity index (χ1v) is 7.33. The van der Waals surface area contributed by atoms with E-state index in [2.05, 4.69) is 36.2 Å². The standard InChI is InChI=1S/C14H10BrN5S/c15-11-5-3-4-10(8-11)13-18-19-14(21)20(13)17-9-12-6-1-2-7-16-12/h1-9H,(H,19,21)/b17-9-. The molecule has 0 radical (unpaired) electrons. The number of nitrogens with zero attached hydrogens (tertiary/aromatic N) is 4. The largest absolute Gasteiger partial charge is 0.255 e. The van der Waals surface area contributed by atoms with Crippen molar-refractivity contribution in [2.45, 2.75) is 0 Å². The number of aromatic nitrogens is 4. The van der Waals surface area contributed by atoms with Crippen LogP contribution in [0.3, 0.4) is 0 Å². The smallest absolute Gasteiger partial charge is 0.216 e. The molecule has 0 fully saturated rings. The zero-order chi connectivity index (χ0) is 14.7. The van der Waals surface area contributed by atoms with Crippen LogP contribution in [0.2, 0.25) is 0 Å². The molecule has 7 heteroatoms. The van der Waals surface area contributed by atoms with Crippen LogP contribution in [-0.2, 0) is 0 Å². The number of nitrogens with one attached hydrogen (secondary N) is 1. The molecule has 5 nitrogen and oxygen atoms in total. The highest BCUT2D eigenvalue weighted by Gasteiger charge is 2.08. The van der Waals surface area contributed by atoms with Gasteiger partial charge in [0.05, 0.1) is 11.9 Å². The Morgan fingerprint density at radius 3 is 2.90 bits per heavy atom. The maximum absolute atomic E-state index is 5.22. The molecule has 104 valence electrons. The van der Waals surface area contributed by atoms with E-state index >= 15 is 0 Å². The molecule has 0 spiro atoms. The first-order chi connectivity index (χ1) is 10.2. The third-order valence-corrected chi connectivity index (χ3v) is 3.48. The van der Waals surface area contributed by atoms with Crippen molar-refractivity contribution < 1.29 is 0 Å². The average molecular weight is 360 g/mol. The van der Waals surface area contributed by atoms with Crippen LogP contribution in [0, 0.1) is 4.77 Å². The van der Waals surface area contributed by atoms with Crippen LogP contribution >= 0.6 is 28.1 Å². The van der Waals surface area contributed by atoms with E-state index in [-0.39, 0.29) is 0 Å². The lowest BCUT2D eigenvalue weighted by Gasteiger charge is -2.01. The van der Waals surface area contributed by atoms with E-state index in [9.17, 15) is 0 Å².